The second-order valence-electron chi connectivity index (χ2n) is 5.38. The van der Waals surface area contributed by atoms with Crippen LogP contribution in [0.3, 0.4) is 0 Å². The highest BCUT2D eigenvalue weighted by Crippen LogP contribution is 2.21. The summed E-state index contributed by atoms with van der Waals surface area (Å²) in [5.41, 5.74) is 1.20. The average Bonchev–Trinajstić information content (AvgIpc) is 2.41. The standard InChI is InChI=1S/C15H23NO3/c1-11(12-6-5-7-14(8-12)17-4)16-13-9-18-15(2,3)19-10-13/h5-8,11,13,16H,9-10H2,1-4H3. The second-order valence-corrected chi connectivity index (χ2v) is 5.38. The number of rotatable bonds is 4. The largest absolute Gasteiger partial charge is 0.497 e. The Hall–Kier alpha value is -1.10. The lowest BCUT2D eigenvalue weighted by Gasteiger charge is -2.36. The molecule has 4 heteroatoms. The lowest BCUT2D eigenvalue weighted by molar-refractivity contribution is -0.253. The van der Waals surface area contributed by atoms with Gasteiger partial charge >= 0.3 is 0 Å². The van der Waals surface area contributed by atoms with Crippen LogP contribution in [0.25, 0.3) is 0 Å². The van der Waals surface area contributed by atoms with Crippen LogP contribution in [-0.4, -0.2) is 32.2 Å². The Labute approximate surface area is 115 Å². The van der Waals surface area contributed by atoms with Gasteiger partial charge in [-0.25, -0.2) is 0 Å². The molecule has 1 unspecified atom stereocenters. The van der Waals surface area contributed by atoms with Crippen LogP contribution in [0.5, 0.6) is 5.75 Å². The van der Waals surface area contributed by atoms with E-state index in [0.717, 1.165) is 5.75 Å². The van der Waals surface area contributed by atoms with Gasteiger partial charge < -0.3 is 19.5 Å². The Morgan fingerprint density at radius 3 is 2.63 bits per heavy atom. The van der Waals surface area contributed by atoms with Gasteiger partial charge in [0.2, 0.25) is 0 Å². The van der Waals surface area contributed by atoms with Crippen LogP contribution in [0.15, 0.2) is 24.3 Å². The minimum atomic E-state index is -0.461. The van der Waals surface area contributed by atoms with Crippen LogP contribution in [0, 0.1) is 0 Å². The Balaban J connectivity index is 1.92. The first-order valence-electron chi connectivity index (χ1n) is 6.68. The molecule has 1 aromatic carbocycles. The molecule has 1 atom stereocenters. The fourth-order valence-corrected chi connectivity index (χ4v) is 2.15. The van der Waals surface area contributed by atoms with Gasteiger partial charge in [-0.2, -0.15) is 0 Å². The van der Waals surface area contributed by atoms with Crippen molar-refractivity contribution in [2.45, 2.75) is 38.6 Å². The fourth-order valence-electron chi connectivity index (χ4n) is 2.15. The summed E-state index contributed by atoms with van der Waals surface area (Å²) in [6.07, 6.45) is 0. The van der Waals surface area contributed by atoms with Crippen molar-refractivity contribution >= 4 is 0 Å². The van der Waals surface area contributed by atoms with E-state index in [1.807, 2.05) is 32.0 Å². The van der Waals surface area contributed by atoms with Gasteiger partial charge in [0.25, 0.3) is 0 Å². The van der Waals surface area contributed by atoms with Crippen molar-refractivity contribution in [2.75, 3.05) is 20.3 Å². The molecule has 0 bridgehead atoms. The van der Waals surface area contributed by atoms with Crippen LogP contribution in [-0.2, 0) is 9.47 Å². The Kier molecular flexibility index (Phi) is 4.45. The molecule has 106 valence electrons. The van der Waals surface area contributed by atoms with Crippen LogP contribution in [0.1, 0.15) is 32.4 Å². The molecule has 0 aromatic heterocycles. The highest BCUT2D eigenvalue weighted by molar-refractivity contribution is 5.30. The van der Waals surface area contributed by atoms with Crippen LogP contribution in [0.2, 0.25) is 0 Å². The van der Waals surface area contributed by atoms with Gasteiger partial charge in [0.15, 0.2) is 5.79 Å². The molecule has 1 aliphatic heterocycles. The fraction of sp³-hybridized carbons (Fsp3) is 0.600. The van der Waals surface area contributed by atoms with Gasteiger partial charge in [-0.05, 0) is 38.5 Å². The summed E-state index contributed by atoms with van der Waals surface area (Å²) in [6.45, 7) is 7.35. The van der Waals surface area contributed by atoms with Gasteiger partial charge in [0, 0.05) is 6.04 Å². The smallest absolute Gasteiger partial charge is 0.162 e. The maximum Gasteiger partial charge on any atom is 0.162 e. The number of benzene rings is 1. The highest BCUT2D eigenvalue weighted by Gasteiger charge is 2.28. The van der Waals surface area contributed by atoms with Gasteiger partial charge in [-0.3, -0.25) is 0 Å². The molecule has 0 aliphatic carbocycles. The molecule has 1 aliphatic rings. The van der Waals surface area contributed by atoms with Gasteiger partial charge in [0.1, 0.15) is 5.75 Å². The SMILES string of the molecule is COc1cccc(C(C)NC2COC(C)(C)OC2)c1. The predicted molar refractivity (Wildman–Crippen MR) is 74.3 cm³/mol. The maximum atomic E-state index is 5.65. The van der Waals surface area contributed by atoms with Crippen LogP contribution < -0.4 is 10.1 Å². The van der Waals surface area contributed by atoms with E-state index in [9.17, 15) is 0 Å². The van der Waals surface area contributed by atoms with E-state index in [-0.39, 0.29) is 12.1 Å². The summed E-state index contributed by atoms with van der Waals surface area (Å²) in [5, 5.41) is 3.52. The van der Waals surface area contributed by atoms with Gasteiger partial charge in [-0.15, -0.1) is 0 Å². The topological polar surface area (TPSA) is 39.7 Å². The predicted octanol–water partition coefficient (Wildman–Crippen LogP) is 2.50. The molecule has 2 rings (SSSR count). The molecule has 0 spiro atoms. The van der Waals surface area contributed by atoms with Gasteiger partial charge in [0.05, 0.1) is 26.4 Å². The number of ether oxygens (including phenoxy) is 3. The molecule has 1 aromatic rings. The van der Waals surface area contributed by atoms with Crippen molar-refractivity contribution in [2.24, 2.45) is 0 Å². The molecule has 4 nitrogen and oxygen atoms in total. The summed E-state index contributed by atoms with van der Waals surface area (Å²) >= 11 is 0. The Morgan fingerprint density at radius 2 is 2.00 bits per heavy atom. The maximum absolute atomic E-state index is 5.65. The van der Waals surface area contributed by atoms with Crippen molar-refractivity contribution in [3.8, 4) is 5.75 Å². The molecule has 1 saturated heterocycles. The summed E-state index contributed by atoms with van der Waals surface area (Å²) < 4.78 is 16.5. The molecule has 0 saturated carbocycles. The van der Waals surface area contributed by atoms with E-state index < -0.39 is 5.79 Å². The first-order chi connectivity index (χ1) is 9.00. The summed E-state index contributed by atoms with van der Waals surface area (Å²) in [6, 6.07) is 8.54. The molecule has 1 fully saturated rings. The molecule has 1 heterocycles. The second kappa shape index (κ2) is 5.90. The van der Waals surface area contributed by atoms with Crippen molar-refractivity contribution in [3.63, 3.8) is 0 Å². The number of hydrogen-bond donors (Lipinski definition) is 1. The van der Waals surface area contributed by atoms with Crippen molar-refractivity contribution in [3.05, 3.63) is 29.8 Å². The zero-order valence-corrected chi connectivity index (χ0v) is 12.1. The lowest BCUT2D eigenvalue weighted by Crippen LogP contribution is -2.49. The van der Waals surface area contributed by atoms with Gasteiger partial charge in [-0.1, -0.05) is 12.1 Å². The van der Waals surface area contributed by atoms with E-state index in [2.05, 4.69) is 18.3 Å². The van der Waals surface area contributed by atoms with E-state index in [1.165, 1.54) is 5.56 Å². The van der Waals surface area contributed by atoms with E-state index in [1.54, 1.807) is 7.11 Å². The first-order valence-corrected chi connectivity index (χ1v) is 6.68. The monoisotopic (exact) mass is 265 g/mol. The third kappa shape index (κ3) is 3.93. The Bertz CT molecular complexity index is 410. The third-order valence-electron chi connectivity index (χ3n) is 3.34. The van der Waals surface area contributed by atoms with Crippen molar-refractivity contribution in [1.29, 1.82) is 0 Å². The molecule has 0 amide bonds. The average molecular weight is 265 g/mol. The summed E-state index contributed by atoms with van der Waals surface area (Å²) in [5.74, 6) is 0.417. The molecule has 1 N–H and O–H groups in total. The highest BCUT2D eigenvalue weighted by atomic mass is 16.7. The minimum Gasteiger partial charge on any atom is -0.497 e. The Morgan fingerprint density at radius 1 is 1.32 bits per heavy atom. The van der Waals surface area contributed by atoms with Crippen molar-refractivity contribution < 1.29 is 14.2 Å². The molecule has 19 heavy (non-hydrogen) atoms. The normalized spacial score (nSPS) is 21.1. The van der Waals surface area contributed by atoms with Crippen LogP contribution >= 0.6 is 0 Å². The number of hydrogen-bond acceptors (Lipinski definition) is 4. The zero-order valence-electron chi connectivity index (χ0n) is 12.1. The molecular weight excluding hydrogens is 242 g/mol. The third-order valence-corrected chi connectivity index (χ3v) is 3.34. The van der Waals surface area contributed by atoms with Crippen LogP contribution in [0.4, 0.5) is 0 Å². The lowest BCUT2D eigenvalue weighted by atomic mass is 10.1. The number of nitrogens with one attached hydrogen (secondary N) is 1. The van der Waals surface area contributed by atoms with E-state index >= 15 is 0 Å². The quantitative estimate of drug-likeness (QED) is 0.908. The van der Waals surface area contributed by atoms with E-state index in [0.29, 0.717) is 13.2 Å². The van der Waals surface area contributed by atoms with E-state index in [4.69, 9.17) is 14.2 Å². The summed E-state index contributed by atoms with van der Waals surface area (Å²) in [4.78, 5) is 0. The number of methoxy groups -OCH3 is 1. The molecule has 0 radical (unpaired) electrons. The van der Waals surface area contributed by atoms with Crippen molar-refractivity contribution in [1.82, 2.24) is 5.32 Å². The zero-order chi connectivity index (χ0) is 13.9. The summed E-state index contributed by atoms with van der Waals surface area (Å²) in [7, 11) is 1.68. The minimum absolute atomic E-state index is 0.217. The first kappa shape index (κ1) is 14.3. The molecular formula is C15H23NO3.